The van der Waals surface area contributed by atoms with E-state index in [1.54, 1.807) is 0 Å². The van der Waals surface area contributed by atoms with Crippen molar-refractivity contribution in [2.24, 2.45) is 0 Å². The number of nitrogens with one attached hydrogen (secondary N) is 1. The first-order valence-corrected chi connectivity index (χ1v) is 6.79. The van der Waals surface area contributed by atoms with Gasteiger partial charge in [-0.1, -0.05) is 42.2 Å². The molecule has 1 N–H and O–H groups in total. The maximum Gasteiger partial charge on any atom is 0.119 e. The molecule has 0 atom stereocenters. The lowest BCUT2D eigenvalue weighted by Gasteiger charge is -2.06. The smallest absolute Gasteiger partial charge is 0.119 e. The van der Waals surface area contributed by atoms with Gasteiger partial charge in [-0.3, -0.25) is 0 Å². The van der Waals surface area contributed by atoms with E-state index in [4.69, 9.17) is 4.74 Å². The Hall–Kier alpha value is -2.24. The number of benzene rings is 2. The summed E-state index contributed by atoms with van der Waals surface area (Å²) in [6.07, 6.45) is 0. The summed E-state index contributed by atoms with van der Waals surface area (Å²) in [5.41, 5.74) is 2.26. The molecule has 0 radical (unpaired) electrons. The zero-order chi connectivity index (χ0) is 14.0. The Morgan fingerprint density at radius 3 is 2.70 bits per heavy atom. The Bertz CT molecular complexity index is 581. The third-order valence-electron chi connectivity index (χ3n) is 2.76. The molecule has 0 amide bonds. The number of hydrogen-bond donors (Lipinski definition) is 1. The molecule has 2 rings (SSSR count). The second-order valence-electron chi connectivity index (χ2n) is 4.51. The summed E-state index contributed by atoms with van der Waals surface area (Å²) in [6.45, 7) is 4.17. The Balaban J connectivity index is 1.62. The summed E-state index contributed by atoms with van der Waals surface area (Å²) < 4.78 is 5.64. The summed E-state index contributed by atoms with van der Waals surface area (Å²) in [5.74, 6) is 7.12. The number of ether oxygens (including phenoxy) is 1. The van der Waals surface area contributed by atoms with Crippen LogP contribution in [0.4, 0.5) is 0 Å². The van der Waals surface area contributed by atoms with Gasteiger partial charge in [0.2, 0.25) is 0 Å². The fourth-order valence-corrected chi connectivity index (χ4v) is 1.76. The molecule has 0 aliphatic heterocycles. The van der Waals surface area contributed by atoms with Gasteiger partial charge in [-0.25, -0.2) is 0 Å². The molecule has 0 saturated heterocycles. The number of aryl methyl sites for hydroxylation is 1. The van der Waals surface area contributed by atoms with Gasteiger partial charge >= 0.3 is 0 Å². The van der Waals surface area contributed by atoms with Crippen molar-refractivity contribution in [1.82, 2.24) is 5.32 Å². The first-order chi connectivity index (χ1) is 9.84. The van der Waals surface area contributed by atoms with Crippen LogP contribution in [0.5, 0.6) is 5.75 Å². The standard InChI is InChI=1S/C18H19NO/c1-16-7-5-11-18(15-16)20-14-13-19-12-6-10-17-8-3-2-4-9-17/h2-5,7-9,11,15,19H,12-14H2,1H3. The van der Waals surface area contributed by atoms with E-state index >= 15 is 0 Å². The van der Waals surface area contributed by atoms with Gasteiger partial charge in [-0.2, -0.15) is 0 Å². The van der Waals surface area contributed by atoms with Crippen molar-refractivity contribution >= 4 is 0 Å². The van der Waals surface area contributed by atoms with Crippen LogP contribution in [0.1, 0.15) is 11.1 Å². The monoisotopic (exact) mass is 265 g/mol. The van der Waals surface area contributed by atoms with Gasteiger partial charge in [0.1, 0.15) is 12.4 Å². The van der Waals surface area contributed by atoms with E-state index in [9.17, 15) is 0 Å². The maximum atomic E-state index is 5.64. The minimum Gasteiger partial charge on any atom is -0.492 e. The van der Waals surface area contributed by atoms with Crippen molar-refractivity contribution in [3.63, 3.8) is 0 Å². The molecule has 0 aliphatic carbocycles. The molecule has 0 aromatic heterocycles. The Morgan fingerprint density at radius 2 is 1.90 bits per heavy atom. The van der Waals surface area contributed by atoms with Crippen LogP contribution in [0.2, 0.25) is 0 Å². The first-order valence-electron chi connectivity index (χ1n) is 6.79. The Labute approximate surface area is 120 Å². The summed E-state index contributed by atoms with van der Waals surface area (Å²) in [5, 5.41) is 3.24. The molecule has 0 spiro atoms. The molecule has 0 fully saturated rings. The largest absolute Gasteiger partial charge is 0.492 e. The minimum absolute atomic E-state index is 0.649. The lowest BCUT2D eigenvalue weighted by atomic mass is 10.2. The van der Waals surface area contributed by atoms with Crippen molar-refractivity contribution in [3.8, 4) is 17.6 Å². The Morgan fingerprint density at radius 1 is 1.05 bits per heavy atom. The van der Waals surface area contributed by atoms with Crippen LogP contribution in [0.25, 0.3) is 0 Å². The van der Waals surface area contributed by atoms with E-state index < -0.39 is 0 Å². The van der Waals surface area contributed by atoms with Crippen molar-refractivity contribution < 1.29 is 4.74 Å². The van der Waals surface area contributed by atoms with Crippen LogP contribution < -0.4 is 10.1 Å². The Kier molecular flexibility index (Phi) is 5.70. The van der Waals surface area contributed by atoms with Crippen LogP contribution in [0, 0.1) is 18.8 Å². The van der Waals surface area contributed by atoms with E-state index in [-0.39, 0.29) is 0 Å². The highest BCUT2D eigenvalue weighted by molar-refractivity contribution is 5.33. The zero-order valence-corrected chi connectivity index (χ0v) is 11.7. The van der Waals surface area contributed by atoms with Crippen LogP contribution >= 0.6 is 0 Å². The van der Waals surface area contributed by atoms with E-state index in [1.807, 2.05) is 48.5 Å². The van der Waals surface area contributed by atoms with Crippen LogP contribution in [0.3, 0.4) is 0 Å². The lowest BCUT2D eigenvalue weighted by molar-refractivity contribution is 0.316. The van der Waals surface area contributed by atoms with Crippen molar-refractivity contribution in [2.45, 2.75) is 6.92 Å². The van der Waals surface area contributed by atoms with Crippen molar-refractivity contribution in [3.05, 3.63) is 65.7 Å². The summed E-state index contributed by atoms with van der Waals surface area (Å²) in [4.78, 5) is 0. The molecular formula is C18H19NO. The predicted octanol–water partition coefficient (Wildman–Crippen LogP) is 3.02. The van der Waals surface area contributed by atoms with Crippen LogP contribution in [0.15, 0.2) is 54.6 Å². The van der Waals surface area contributed by atoms with E-state index in [1.165, 1.54) is 5.56 Å². The molecular weight excluding hydrogens is 246 g/mol. The van der Waals surface area contributed by atoms with Gasteiger partial charge in [0.05, 0.1) is 6.54 Å². The first kappa shape index (κ1) is 14.2. The van der Waals surface area contributed by atoms with E-state index in [2.05, 4.69) is 30.1 Å². The van der Waals surface area contributed by atoms with Gasteiger partial charge in [-0.15, -0.1) is 0 Å². The lowest BCUT2D eigenvalue weighted by Crippen LogP contribution is -2.21. The third-order valence-corrected chi connectivity index (χ3v) is 2.76. The van der Waals surface area contributed by atoms with E-state index in [0.29, 0.717) is 13.2 Å². The van der Waals surface area contributed by atoms with Gasteiger partial charge < -0.3 is 10.1 Å². The second kappa shape index (κ2) is 8.04. The predicted molar refractivity (Wildman–Crippen MR) is 82.9 cm³/mol. The van der Waals surface area contributed by atoms with Crippen molar-refractivity contribution in [1.29, 1.82) is 0 Å². The second-order valence-corrected chi connectivity index (χ2v) is 4.51. The van der Waals surface area contributed by atoms with Crippen LogP contribution in [-0.4, -0.2) is 19.7 Å². The fourth-order valence-electron chi connectivity index (χ4n) is 1.76. The minimum atomic E-state index is 0.649. The average molecular weight is 265 g/mol. The molecule has 0 bridgehead atoms. The average Bonchev–Trinajstić information content (AvgIpc) is 2.47. The normalized spacial score (nSPS) is 9.65. The third kappa shape index (κ3) is 5.17. The molecule has 0 unspecified atom stereocenters. The molecule has 102 valence electrons. The highest BCUT2D eigenvalue weighted by Gasteiger charge is 1.92. The molecule has 0 saturated carbocycles. The van der Waals surface area contributed by atoms with Gasteiger partial charge in [0.25, 0.3) is 0 Å². The fraction of sp³-hybridized carbons (Fsp3) is 0.222. The number of rotatable bonds is 5. The summed E-state index contributed by atoms with van der Waals surface area (Å²) in [7, 11) is 0. The summed E-state index contributed by atoms with van der Waals surface area (Å²) >= 11 is 0. The van der Waals surface area contributed by atoms with E-state index in [0.717, 1.165) is 17.9 Å². The highest BCUT2D eigenvalue weighted by atomic mass is 16.5. The van der Waals surface area contributed by atoms with Gasteiger partial charge in [0.15, 0.2) is 0 Å². The molecule has 20 heavy (non-hydrogen) atoms. The van der Waals surface area contributed by atoms with Gasteiger partial charge in [0, 0.05) is 12.1 Å². The highest BCUT2D eigenvalue weighted by Crippen LogP contribution is 2.11. The number of hydrogen-bond acceptors (Lipinski definition) is 2. The molecule has 0 heterocycles. The molecule has 0 aliphatic rings. The SMILES string of the molecule is Cc1cccc(OCCNCC#Cc2ccccc2)c1. The zero-order valence-electron chi connectivity index (χ0n) is 11.7. The quantitative estimate of drug-likeness (QED) is 0.663. The molecule has 2 aromatic rings. The molecule has 2 aromatic carbocycles. The van der Waals surface area contributed by atoms with Crippen molar-refractivity contribution in [2.75, 3.05) is 19.7 Å². The maximum absolute atomic E-state index is 5.64. The summed E-state index contributed by atoms with van der Waals surface area (Å²) in [6, 6.07) is 18.1. The topological polar surface area (TPSA) is 21.3 Å². The molecule has 2 nitrogen and oxygen atoms in total. The van der Waals surface area contributed by atoms with Crippen LogP contribution in [-0.2, 0) is 0 Å². The van der Waals surface area contributed by atoms with Gasteiger partial charge in [-0.05, 0) is 36.8 Å². The molecule has 2 heteroatoms.